The summed E-state index contributed by atoms with van der Waals surface area (Å²) in [5.74, 6) is 1.29. The van der Waals surface area contributed by atoms with Gasteiger partial charge in [-0.2, -0.15) is 4.31 Å². The second kappa shape index (κ2) is 10.2. The molecule has 0 saturated carbocycles. The highest BCUT2D eigenvalue weighted by atomic mass is 35.5. The number of ether oxygens (including phenoxy) is 3. The van der Waals surface area contributed by atoms with Crippen LogP contribution in [-0.2, 0) is 10.0 Å². The van der Waals surface area contributed by atoms with E-state index in [1.165, 1.54) is 17.5 Å². The van der Waals surface area contributed by atoms with E-state index >= 15 is 0 Å². The average molecular weight is 523 g/mol. The topological polar surface area (TPSA) is 94.1 Å². The Bertz CT molecular complexity index is 1310. The Morgan fingerprint density at radius 2 is 1.60 bits per heavy atom. The van der Waals surface area contributed by atoms with Crippen molar-refractivity contribution in [2.75, 3.05) is 52.4 Å². The van der Waals surface area contributed by atoms with Crippen molar-refractivity contribution in [1.29, 1.82) is 0 Å². The van der Waals surface area contributed by atoms with Crippen LogP contribution >= 0.6 is 11.6 Å². The Morgan fingerprint density at radius 1 is 0.943 bits per heavy atom. The Balaban J connectivity index is 1.53. The van der Waals surface area contributed by atoms with E-state index in [1.807, 2.05) is 4.90 Å². The van der Waals surface area contributed by atoms with Gasteiger partial charge in [0.15, 0.2) is 11.5 Å². The number of nitrogens with zero attached hydrogens (tertiary/aromatic N) is 4. The Hall–Kier alpha value is -3.15. The maximum Gasteiger partial charge on any atom is 0.243 e. The smallest absolute Gasteiger partial charge is 0.243 e. The molecule has 1 aliphatic heterocycles. The largest absolute Gasteiger partial charge is 0.493 e. The van der Waals surface area contributed by atoms with Crippen LogP contribution in [0.1, 0.15) is 0 Å². The second-order valence-corrected chi connectivity index (χ2v) is 9.97. The molecule has 3 aromatic rings. The lowest BCUT2D eigenvalue weighted by atomic mass is 10.1. The van der Waals surface area contributed by atoms with Gasteiger partial charge in [-0.1, -0.05) is 11.6 Å². The normalized spacial score (nSPS) is 14.6. The maximum atomic E-state index is 13.5. The number of anilines is 1. The van der Waals surface area contributed by atoms with Crippen molar-refractivity contribution < 1.29 is 27.0 Å². The zero-order valence-electron chi connectivity index (χ0n) is 19.4. The van der Waals surface area contributed by atoms with E-state index in [9.17, 15) is 12.8 Å². The average Bonchev–Trinajstić information content (AvgIpc) is 2.89. The van der Waals surface area contributed by atoms with Crippen molar-refractivity contribution in [2.24, 2.45) is 0 Å². The third-order valence-corrected chi connectivity index (χ3v) is 7.84. The van der Waals surface area contributed by atoms with Crippen LogP contribution in [0.25, 0.3) is 11.3 Å². The zero-order chi connectivity index (χ0) is 25.2. The summed E-state index contributed by atoms with van der Waals surface area (Å²) in [6.07, 6.45) is 1.64. The monoisotopic (exact) mass is 522 g/mol. The number of halogens is 2. The molecule has 0 spiro atoms. The molecule has 0 atom stereocenters. The third-order valence-electron chi connectivity index (χ3n) is 5.65. The van der Waals surface area contributed by atoms with E-state index in [-0.39, 0.29) is 23.0 Å². The molecule has 1 aliphatic rings. The van der Waals surface area contributed by atoms with Gasteiger partial charge < -0.3 is 19.1 Å². The van der Waals surface area contributed by atoms with Gasteiger partial charge in [-0.05, 0) is 36.4 Å². The number of rotatable bonds is 7. The number of piperazine rings is 1. The van der Waals surface area contributed by atoms with Gasteiger partial charge in [0.1, 0.15) is 5.82 Å². The fraction of sp³-hybridized carbons (Fsp3) is 0.304. The van der Waals surface area contributed by atoms with Gasteiger partial charge in [-0.3, -0.25) is 0 Å². The summed E-state index contributed by atoms with van der Waals surface area (Å²) in [6, 6.07) is 8.75. The lowest BCUT2D eigenvalue weighted by Gasteiger charge is -2.34. The van der Waals surface area contributed by atoms with E-state index < -0.39 is 15.8 Å². The molecule has 9 nitrogen and oxygen atoms in total. The van der Waals surface area contributed by atoms with Crippen molar-refractivity contribution in [3.8, 4) is 28.5 Å². The molecule has 186 valence electrons. The first-order valence-corrected chi connectivity index (χ1v) is 12.4. The van der Waals surface area contributed by atoms with E-state index in [4.69, 9.17) is 25.8 Å². The number of hydrogen-bond donors (Lipinski definition) is 0. The maximum absolute atomic E-state index is 13.5. The predicted molar refractivity (Wildman–Crippen MR) is 130 cm³/mol. The van der Waals surface area contributed by atoms with Crippen LogP contribution in [0.3, 0.4) is 0 Å². The molecule has 0 radical (unpaired) electrons. The summed E-state index contributed by atoms with van der Waals surface area (Å²) in [6.45, 7) is 1.20. The van der Waals surface area contributed by atoms with E-state index in [0.717, 1.165) is 17.7 Å². The minimum atomic E-state index is -3.81. The van der Waals surface area contributed by atoms with Crippen LogP contribution in [0, 0.1) is 5.82 Å². The van der Waals surface area contributed by atoms with Crippen LogP contribution in [0.5, 0.6) is 17.2 Å². The molecule has 35 heavy (non-hydrogen) atoms. The van der Waals surface area contributed by atoms with Crippen LogP contribution in [0.15, 0.2) is 47.5 Å². The van der Waals surface area contributed by atoms with E-state index in [1.54, 1.807) is 38.6 Å². The van der Waals surface area contributed by atoms with Gasteiger partial charge in [0, 0.05) is 37.9 Å². The molecule has 0 unspecified atom stereocenters. The van der Waals surface area contributed by atoms with Crippen LogP contribution < -0.4 is 19.1 Å². The summed E-state index contributed by atoms with van der Waals surface area (Å²) >= 11 is 5.78. The fourth-order valence-electron chi connectivity index (χ4n) is 3.81. The first-order valence-electron chi connectivity index (χ1n) is 10.6. The fourth-order valence-corrected chi connectivity index (χ4v) is 5.50. The summed E-state index contributed by atoms with van der Waals surface area (Å²) in [4.78, 5) is 10.9. The first-order chi connectivity index (χ1) is 16.8. The number of aromatic nitrogens is 2. The molecule has 0 aliphatic carbocycles. The molecular weight excluding hydrogens is 499 g/mol. The summed E-state index contributed by atoms with van der Waals surface area (Å²) < 4.78 is 57.0. The van der Waals surface area contributed by atoms with Crippen LogP contribution in [0.4, 0.5) is 10.3 Å². The lowest BCUT2D eigenvalue weighted by molar-refractivity contribution is 0.324. The lowest BCUT2D eigenvalue weighted by Crippen LogP contribution is -2.49. The second-order valence-electron chi connectivity index (χ2n) is 7.62. The highest BCUT2D eigenvalue weighted by molar-refractivity contribution is 7.89. The van der Waals surface area contributed by atoms with Gasteiger partial charge in [-0.25, -0.2) is 22.8 Å². The zero-order valence-corrected chi connectivity index (χ0v) is 20.9. The summed E-state index contributed by atoms with van der Waals surface area (Å²) in [5, 5.41) is -0.235. The number of benzene rings is 2. The number of sulfonamides is 1. The Morgan fingerprint density at radius 3 is 2.17 bits per heavy atom. The summed E-state index contributed by atoms with van der Waals surface area (Å²) in [5.41, 5.74) is 1.39. The molecule has 1 saturated heterocycles. The van der Waals surface area contributed by atoms with Gasteiger partial charge in [0.2, 0.25) is 21.7 Å². The highest BCUT2D eigenvalue weighted by Crippen LogP contribution is 2.41. The van der Waals surface area contributed by atoms with Gasteiger partial charge in [0.05, 0.1) is 36.9 Å². The molecule has 0 amide bonds. The molecule has 12 heteroatoms. The quantitative estimate of drug-likeness (QED) is 0.465. The SMILES string of the molecule is COc1cc(-c2ccnc(N3CCN(S(=O)(=O)c4ccc(F)c(Cl)c4)CC3)n2)cc(OC)c1OC. The molecule has 1 fully saturated rings. The first kappa shape index (κ1) is 25.0. The van der Waals surface area contributed by atoms with Gasteiger partial charge >= 0.3 is 0 Å². The van der Waals surface area contributed by atoms with Crippen molar-refractivity contribution in [3.05, 3.63) is 53.4 Å². The Kier molecular flexibility index (Phi) is 7.29. The van der Waals surface area contributed by atoms with E-state index in [0.29, 0.717) is 42.0 Å². The van der Waals surface area contributed by atoms with E-state index in [2.05, 4.69) is 9.97 Å². The van der Waals surface area contributed by atoms with Crippen molar-refractivity contribution in [3.63, 3.8) is 0 Å². The van der Waals surface area contributed by atoms with Crippen molar-refractivity contribution in [1.82, 2.24) is 14.3 Å². The molecule has 4 rings (SSSR count). The number of methoxy groups -OCH3 is 3. The molecule has 2 heterocycles. The highest BCUT2D eigenvalue weighted by Gasteiger charge is 2.30. The number of hydrogen-bond acceptors (Lipinski definition) is 8. The van der Waals surface area contributed by atoms with Gasteiger partial charge in [-0.15, -0.1) is 0 Å². The molecule has 0 bridgehead atoms. The minimum Gasteiger partial charge on any atom is -0.493 e. The Labute approximate surface area is 208 Å². The molecule has 0 N–H and O–H groups in total. The summed E-state index contributed by atoms with van der Waals surface area (Å²) in [7, 11) is 0.813. The van der Waals surface area contributed by atoms with Crippen LogP contribution in [-0.4, -0.2) is 70.2 Å². The predicted octanol–water partition coefficient (Wildman–Crippen LogP) is 3.47. The van der Waals surface area contributed by atoms with Crippen molar-refractivity contribution >= 4 is 27.6 Å². The third kappa shape index (κ3) is 4.97. The minimum absolute atomic E-state index is 0.0435. The van der Waals surface area contributed by atoms with Gasteiger partial charge in [0.25, 0.3) is 0 Å². The standard InChI is InChI=1S/C23H24ClFN4O5S/c1-32-20-12-15(13-21(33-2)22(20)34-3)19-6-7-26-23(27-19)28-8-10-29(11-9-28)35(30,31)16-4-5-18(25)17(24)14-16/h4-7,12-14H,8-11H2,1-3H3. The van der Waals surface area contributed by atoms with Crippen LogP contribution in [0.2, 0.25) is 5.02 Å². The molecule has 2 aromatic carbocycles. The molecule has 1 aromatic heterocycles. The van der Waals surface area contributed by atoms with Crippen molar-refractivity contribution in [2.45, 2.75) is 4.90 Å². The molecular formula is C23H24ClFN4O5S.